The molecule has 0 spiro atoms. The first kappa shape index (κ1) is 11.6. The number of nitrogens with two attached hydrogens (primary N) is 1. The summed E-state index contributed by atoms with van der Waals surface area (Å²) < 4.78 is 5.64. The minimum atomic E-state index is 0.0604. The van der Waals surface area contributed by atoms with Crippen molar-refractivity contribution in [1.82, 2.24) is 0 Å². The van der Waals surface area contributed by atoms with Crippen LogP contribution in [0.3, 0.4) is 0 Å². The van der Waals surface area contributed by atoms with Gasteiger partial charge in [-0.1, -0.05) is 24.3 Å². The lowest BCUT2D eigenvalue weighted by Gasteiger charge is -2.38. The molecule has 1 aliphatic carbocycles. The van der Waals surface area contributed by atoms with Crippen LogP contribution < -0.4 is 5.73 Å². The molecule has 1 aliphatic rings. The average Bonchev–Trinajstić information content (AvgIpc) is 2.36. The molecule has 0 amide bonds. The molecular formula is C14H21NO. The number of ether oxygens (including phenoxy) is 1. The summed E-state index contributed by atoms with van der Waals surface area (Å²) in [7, 11) is 0. The van der Waals surface area contributed by atoms with Gasteiger partial charge >= 0.3 is 0 Å². The second-order valence-electron chi connectivity index (χ2n) is 4.63. The molecule has 1 atom stereocenters. The summed E-state index contributed by atoms with van der Waals surface area (Å²) in [4.78, 5) is 0. The Morgan fingerprint density at radius 1 is 1.38 bits per heavy atom. The van der Waals surface area contributed by atoms with E-state index in [1.807, 2.05) is 6.92 Å². The van der Waals surface area contributed by atoms with Crippen molar-refractivity contribution < 1.29 is 4.74 Å². The maximum atomic E-state index is 6.01. The summed E-state index contributed by atoms with van der Waals surface area (Å²) in [5, 5.41) is 0. The van der Waals surface area contributed by atoms with Gasteiger partial charge in [-0.15, -0.1) is 0 Å². The quantitative estimate of drug-likeness (QED) is 0.843. The van der Waals surface area contributed by atoms with Gasteiger partial charge in [-0.3, -0.25) is 0 Å². The lowest BCUT2D eigenvalue weighted by atomic mass is 9.70. The van der Waals surface area contributed by atoms with Gasteiger partial charge in [0.05, 0.1) is 6.61 Å². The highest BCUT2D eigenvalue weighted by atomic mass is 16.5. The van der Waals surface area contributed by atoms with Crippen LogP contribution in [0.2, 0.25) is 0 Å². The van der Waals surface area contributed by atoms with Crippen molar-refractivity contribution in [3.8, 4) is 0 Å². The second-order valence-corrected chi connectivity index (χ2v) is 4.63. The van der Waals surface area contributed by atoms with Gasteiger partial charge in [-0.25, -0.2) is 0 Å². The highest BCUT2D eigenvalue weighted by Gasteiger charge is 2.35. The Labute approximate surface area is 97.8 Å². The van der Waals surface area contributed by atoms with Crippen LogP contribution in [0.4, 0.5) is 0 Å². The Bertz CT molecular complexity index is 350. The molecule has 2 rings (SSSR count). The summed E-state index contributed by atoms with van der Waals surface area (Å²) in [6.45, 7) is 4.25. The minimum absolute atomic E-state index is 0.0604. The molecule has 0 aromatic heterocycles. The first-order chi connectivity index (χ1) is 7.82. The van der Waals surface area contributed by atoms with Crippen LogP contribution in [0, 0.1) is 0 Å². The van der Waals surface area contributed by atoms with Gasteiger partial charge in [0.15, 0.2) is 0 Å². The number of fused-ring (bicyclic) bond motifs is 1. The Morgan fingerprint density at radius 2 is 2.19 bits per heavy atom. The number of hydrogen-bond donors (Lipinski definition) is 1. The molecule has 2 nitrogen and oxygen atoms in total. The number of rotatable bonds is 4. The first-order valence-corrected chi connectivity index (χ1v) is 6.18. The van der Waals surface area contributed by atoms with Gasteiger partial charge < -0.3 is 10.5 Å². The lowest BCUT2D eigenvalue weighted by molar-refractivity contribution is 0.0862. The molecule has 2 heteroatoms. The zero-order chi connectivity index (χ0) is 11.4. The van der Waals surface area contributed by atoms with Gasteiger partial charge in [0.25, 0.3) is 0 Å². The topological polar surface area (TPSA) is 35.2 Å². The number of aryl methyl sites for hydroxylation is 1. The molecule has 0 radical (unpaired) electrons. The molecule has 2 N–H and O–H groups in total. The molecule has 1 aromatic rings. The first-order valence-electron chi connectivity index (χ1n) is 6.18. The third kappa shape index (κ3) is 2.00. The number of benzene rings is 1. The Hall–Kier alpha value is -0.860. The van der Waals surface area contributed by atoms with Crippen molar-refractivity contribution in [2.45, 2.75) is 31.6 Å². The zero-order valence-electron chi connectivity index (χ0n) is 10.0. The van der Waals surface area contributed by atoms with Gasteiger partial charge in [-0.2, -0.15) is 0 Å². The third-order valence-electron chi connectivity index (χ3n) is 3.66. The van der Waals surface area contributed by atoms with Crippen molar-refractivity contribution >= 4 is 0 Å². The van der Waals surface area contributed by atoms with Crippen molar-refractivity contribution in [3.05, 3.63) is 35.4 Å². The summed E-state index contributed by atoms with van der Waals surface area (Å²) >= 11 is 0. The Kier molecular flexibility index (Phi) is 3.62. The van der Waals surface area contributed by atoms with Gasteiger partial charge in [-0.05, 0) is 37.3 Å². The van der Waals surface area contributed by atoms with Crippen LogP contribution in [0.25, 0.3) is 0 Å². The SMILES string of the molecule is CCOCC1(CN)CCCc2ccccc21. The van der Waals surface area contributed by atoms with Crippen LogP contribution in [0.5, 0.6) is 0 Å². The fraction of sp³-hybridized carbons (Fsp3) is 0.571. The Balaban J connectivity index is 2.33. The Morgan fingerprint density at radius 3 is 2.94 bits per heavy atom. The van der Waals surface area contributed by atoms with Crippen LogP contribution in [-0.4, -0.2) is 19.8 Å². The molecule has 1 unspecified atom stereocenters. The van der Waals surface area contributed by atoms with Crippen molar-refractivity contribution in [2.24, 2.45) is 5.73 Å². The smallest absolute Gasteiger partial charge is 0.0575 e. The lowest BCUT2D eigenvalue weighted by Crippen LogP contribution is -2.42. The van der Waals surface area contributed by atoms with Gasteiger partial charge in [0, 0.05) is 18.6 Å². The normalized spacial score (nSPS) is 24.1. The highest BCUT2D eigenvalue weighted by molar-refractivity contribution is 5.37. The zero-order valence-corrected chi connectivity index (χ0v) is 10.0. The number of hydrogen-bond acceptors (Lipinski definition) is 2. The van der Waals surface area contributed by atoms with Gasteiger partial charge in [0.1, 0.15) is 0 Å². The van der Waals surface area contributed by atoms with Crippen LogP contribution in [0.15, 0.2) is 24.3 Å². The second kappa shape index (κ2) is 4.98. The molecule has 0 heterocycles. The molecule has 0 aliphatic heterocycles. The van der Waals surface area contributed by atoms with E-state index in [2.05, 4.69) is 24.3 Å². The summed E-state index contributed by atoms with van der Waals surface area (Å²) in [5.41, 5.74) is 8.95. The van der Waals surface area contributed by atoms with E-state index in [1.165, 1.54) is 24.0 Å². The van der Waals surface area contributed by atoms with E-state index in [-0.39, 0.29) is 5.41 Å². The largest absolute Gasteiger partial charge is 0.381 e. The molecule has 0 saturated heterocycles. The molecule has 0 bridgehead atoms. The summed E-state index contributed by atoms with van der Waals surface area (Å²) in [6.07, 6.45) is 3.56. The van der Waals surface area contributed by atoms with Crippen molar-refractivity contribution in [1.29, 1.82) is 0 Å². The van der Waals surface area contributed by atoms with E-state index in [9.17, 15) is 0 Å². The predicted molar refractivity (Wildman–Crippen MR) is 66.6 cm³/mol. The van der Waals surface area contributed by atoms with Crippen molar-refractivity contribution in [3.63, 3.8) is 0 Å². The summed E-state index contributed by atoms with van der Waals surface area (Å²) in [5.74, 6) is 0. The minimum Gasteiger partial charge on any atom is -0.381 e. The van der Waals surface area contributed by atoms with Crippen LogP contribution in [0.1, 0.15) is 30.9 Å². The maximum Gasteiger partial charge on any atom is 0.0575 e. The third-order valence-corrected chi connectivity index (χ3v) is 3.66. The predicted octanol–water partition coefficient (Wildman–Crippen LogP) is 2.26. The van der Waals surface area contributed by atoms with E-state index >= 15 is 0 Å². The van der Waals surface area contributed by atoms with Crippen LogP contribution >= 0.6 is 0 Å². The molecular weight excluding hydrogens is 198 g/mol. The molecule has 1 aromatic carbocycles. The maximum absolute atomic E-state index is 6.01. The fourth-order valence-corrected chi connectivity index (χ4v) is 2.73. The molecule has 88 valence electrons. The van der Waals surface area contributed by atoms with E-state index in [4.69, 9.17) is 10.5 Å². The summed E-state index contributed by atoms with van der Waals surface area (Å²) in [6, 6.07) is 8.68. The van der Waals surface area contributed by atoms with Crippen molar-refractivity contribution in [2.75, 3.05) is 19.8 Å². The van der Waals surface area contributed by atoms with E-state index in [0.29, 0.717) is 6.54 Å². The van der Waals surface area contributed by atoms with E-state index in [0.717, 1.165) is 19.6 Å². The van der Waals surface area contributed by atoms with Gasteiger partial charge in [0.2, 0.25) is 0 Å². The fourth-order valence-electron chi connectivity index (χ4n) is 2.73. The van der Waals surface area contributed by atoms with E-state index < -0.39 is 0 Å². The monoisotopic (exact) mass is 219 g/mol. The van der Waals surface area contributed by atoms with E-state index in [1.54, 1.807) is 0 Å². The highest BCUT2D eigenvalue weighted by Crippen LogP contribution is 2.36. The molecule has 0 fully saturated rings. The standard InChI is InChI=1S/C14H21NO/c1-2-16-11-14(10-15)9-5-7-12-6-3-4-8-13(12)14/h3-4,6,8H,2,5,7,9-11,15H2,1H3. The molecule has 0 saturated carbocycles. The average molecular weight is 219 g/mol. The van der Waals surface area contributed by atoms with Crippen LogP contribution in [-0.2, 0) is 16.6 Å². The molecule has 16 heavy (non-hydrogen) atoms.